The van der Waals surface area contributed by atoms with E-state index in [1.54, 1.807) is 0 Å². The fourth-order valence-corrected chi connectivity index (χ4v) is 0.720. The maximum absolute atomic E-state index is 12.1. The summed E-state index contributed by atoms with van der Waals surface area (Å²) in [6, 6.07) is 0. The molecule has 0 N–H and O–H groups in total. The summed E-state index contributed by atoms with van der Waals surface area (Å²) in [6.45, 7) is -1.37. The molecule has 0 aliphatic heterocycles. The fraction of sp³-hybridized carbons (Fsp3) is 0.857. The van der Waals surface area contributed by atoms with Crippen molar-refractivity contribution in [2.24, 2.45) is 0 Å². The lowest BCUT2D eigenvalue weighted by Gasteiger charge is -2.09. The molecule has 0 aliphatic carbocycles. The molecule has 18 heavy (non-hydrogen) atoms. The number of carbonyl (C=O) groups is 1. The summed E-state index contributed by atoms with van der Waals surface area (Å²) >= 11 is 0. The van der Waals surface area contributed by atoms with E-state index in [1.165, 1.54) is 6.92 Å². The van der Waals surface area contributed by atoms with Gasteiger partial charge in [0.1, 0.15) is 6.61 Å². The van der Waals surface area contributed by atoms with Crippen molar-refractivity contribution >= 4 is 16.4 Å². The summed E-state index contributed by atoms with van der Waals surface area (Å²) in [4.78, 5) is 10.2. The van der Waals surface area contributed by atoms with Gasteiger partial charge in [0.05, 0.1) is 6.54 Å². The van der Waals surface area contributed by atoms with E-state index < -0.39 is 29.2 Å². The minimum Gasteiger partial charge on any atom is -0.464 e. The van der Waals surface area contributed by atoms with Crippen molar-refractivity contribution in [1.82, 2.24) is 4.31 Å². The van der Waals surface area contributed by atoms with E-state index >= 15 is 0 Å². The number of ether oxygens (including phenoxy) is 1. The zero-order valence-electron chi connectivity index (χ0n) is 9.50. The highest BCUT2D eigenvalue weighted by molar-refractivity contribution is 7.83. The van der Waals surface area contributed by atoms with Crippen molar-refractivity contribution in [3.63, 3.8) is 0 Å². The van der Waals surface area contributed by atoms with Crippen LogP contribution in [0.3, 0.4) is 0 Å². The lowest BCUT2D eigenvalue weighted by Crippen LogP contribution is -2.27. The first-order valence-electron chi connectivity index (χ1n) is 4.32. The van der Waals surface area contributed by atoms with Gasteiger partial charge >= 0.3 is 22.6 Å². The van der Waals surface area contributed by atoms with Gasteiger partial charge < -0.3 is 4.74 Å². The Morgan fingerprint density at radius 3 is 1.94 bits per heavy atom. The summed E-state index contributed by atoms with van der Waals surface area (Å²) < 4.78 is 78.8. The monoisotopic (exact) mass is 301 g/mol. The maximum atomic E-state index is 12.1. The molecule has 0 atom stereocenters. The minimum atomic E-state index is -4.66. The Kier molecular flexibility index (Phi) is 8.81. The van der Waals surface area contributed by atoms with Crippen LogP contribution in [0.1, 0.15) is 6.92 Å². The Morgan fingerprint density at radius 2 is 1.72 bits per heavy atom. The number of alkyl halides is 4. The molecule has 0 aromatic carbocycles. The largest absolute Gasteiger partial charge is 0.464 e. The number of carbonyl (C=O) groups excluding carboxylic acids is 1. The van der Waals surface area contributed by atoms with Gasteiger partial charge in [0.25, 0.3) is 0 Å². The van der Waals surface area contributed by atoms with E-state index in [0.717, 1.165) is 7.05 Å². The third kappa shape index (κ3) is 15.0. The van der Waals surface area contributed by atoms with Crippen molar-refractivity contribution in [3.05, 3.63) is 0 Å². The van der Waals surface area contributed by atoms with Crippen LogP contribution < -0.4 is 0 Å². The number of likely N-dealkylation sites (N-methyl/N-ethyl adjacent to an activating group) is 1. The predicted octanol–water partition coefficient (Wildman–Crippen LogP) is 1.21. The molecule has 0 saturated carbocycles. The smallest absolute Gasteiger partial charge is 0.416 e. The quantitative estimate of drug-likeness (QED) is 0.445. The highest BCUT2D eigenvalue weighted by atomic mass is 32.3. The molecule has 0 spiro atoms. The van der Waals surface area contributed by atoms with Gasteiger partial charge in [-0.25, -0.2) is 4.39 Å². The normalized spacial score (nSPS) is 11.8. The Morgan fingerprint density at radius 1 is 1.33 bits per heavy atom. The van der Waals surface area contributed by atoms with E-state index in [2.05, 4.69) is 4.74 Å². The van der Waals surface area contributed by atoms with Gasteiger partial charge in [-0.3, -0.25) is 4.79 Å². The maximum Gasteiger partial charge on any atom is 0.416 e. The van der Waals surface area contributed by atoms with Crippen molar-refractivity contribution in [2.75, 3.05) is 26.9 Å². The minimum absolute atomic E-state index is 0.144. The molecule has 0 bridgehead atoms. The van der Waals surface area contributed by atoms with Gasteiger partial charge in [-0.2, -0.15) is 25.9 Å². The molecule has 0 aliphatic rings. The lowest BCUT2D eigenvalue weighted by molar-refractivity contribution is -0.142. The lowest BCUT2D eigenvalue weighted by atomic mass is 10.7. The third-order valence-corrected chi connectivity index (χ3v) is 2.16. The molecule has 0 fully saturated rings. The van der Waals surface area contributed by atoms with E-state index in [0.29, 0.717) is 4.31 Å². The van der Waals surface area contributed by atoms with Crippen molar-refractivity contribution in [3.8, 4) is 0 Å². The average molecular weight is 301 g/mol. The van der Waals surface area contributed by atoms with Gasteiger partial charge in [-0.1, -0.05) is 3.89 Å². The summed E-state index contributed by atoms with van der Waals surface area (Å²) in [5.41, 5.74) is 0. The van der Waals surface area contributed by atoms with Gasteiger partial charge in [0.2, 0.25) is 0 Å². The molecule has 5 nitrogen and oxygen atoms in total. The number of nitrogens with zero attached hydrogens (tertiary/aromatic N) is 1. The van der Waals surface area contributed by atoms with Gasteiger partial charge in [0.15, 0.2) is 6.67 Å². The summed E-state index contributed by atoms with van der Waals surface area (Å²) in [5.74, 6) is -0.528. The molecule has 0 rings (SSSR count). The second-order valence-corrected chi connectivity index (χ2v) is 4.30. The van der Waals surface area contributed by atoms with E-state index in [-0.39, 0.29) is 13.2 Å². The van der Waals surface area contributed by atoms with E-state index in [1.807, 2.05) is 0 Å². The Hall–Kier alpha value is -0.970. The Labute approximate surface area is 101 Å². The van der Waals surface area contributed by atoms with Crippen molar-refractivity contribution in [2.45, 2.75) is 13.1 Å². The number of hydrogen-bond acceptors (Lipinski definition) is 4. The van der Waals surface area contributed by atoms with E-state index in [9.17, 15) is 34.7 Å². The van der Waals surface area contributed by atoms with Gasteiger partial charge in [-0.15, -0.1) is 0 Å². The number of halogens is 5. The molecular formula is C7H12F5NO4S. The average Bonchev–Trinajstić information content (AvgIpc) is 2.15. The second kappa shape index (κ2) is 8.19. The summed E-state index contributed by atoms with van der Waals surface area (Å²) in [5, 5.41) is 0. The van der Waals surface area contributed by atoms with Crippen LogP contribution >= 0.6 is 0 Å². The Bertz CT molecular complexity index is 342. The molecule has 0 aromatic rings. The molecule has 0 radical (unpaired) electrons. The van der Waals surface area contributed by atoms with Crippen LogP contribution in [-0.4, -0.2) is 51.7 Å². The highest BCUT2D eigenvalue weighted by Gasteiger charge is 2.26. The molecule has 0 saturated heterocycles. The van der Waals surface area contributed by atoms with E-state index in [4.69, 9.17) is 0 Å². The van der Waals surface area contributed by atoms with Crippen LogP contribution in [0.15, 0.2) is 0 Å². The topological polar surface area (TPSA) is 63.7 Å². The van der Waals surface area contributed by atoms with Crippen molar-refractivity contribution < 1.29 is 39.4 Å². The first kappa shape index (κ1) is 19.4. The van der Waals surface area contributed by atoms with Crippen LogP contribution in [0.2, 0.25) is 0 Å². The van der Waals surface area contributed by atoms with Gasteiger partial charge in [0, 0.05) is 14.0 Å². The first-order valence-corrected chi connectivity index (χ1v) is 5.66. The summed E-state index contributed by atoms with van der Waals surface area (Å²) in [7, 11) is -3.60. The van der Waals surface area contributed by atoms with Crippen LogP contribution in [0.4, 0.5) is 21.4 Å². The summed E-state index contributed by atoms with van der Waals surface area (Å²) in [6.07, 6.45) is -4.62. The fourth-order valence-electron chi connectivity index (χ4n) is 0.427. The van der Waals surface area contributed by atoms with Crippen LogP contribution in [0, 0.1) is 0 Å². The first-order chi connectivity index (χ1) is 7.90. The number of hydrogen-bond donors (Lipinski definition) is 0. The molecular weight excluding hydrogens is 289 g/mol. The zero-order chi connectivity index (χ0) is 15.0. The standard InChI is InChI=1S/C5H10FNO4S.C2H2F4/c1-5(8)11-4-3-7(2)12(6,9)10;3-1-2(4,5)6/h3-4H2,1-2H3;1H2. The number of rotatable bonds is 4. The second-order valence-electron chi connectivity index (χ2n) is 2.85. The SMILES string of the molecule is CC(=O)OCCN(C)S(=O)(=O)F.FCC(F)(F)F. The number of esters is 1. The Balaban J connectivity index is 0. The van der Waals surface area contributed by atoms with Crippen LogP contribution in [0.25, 0.3) is 0 Å². The molecule has 110 valence electrons. The van der Waals surface area contributed by atoms with Crippen molar-refractivity contribution in [1.29, 1.82) is 0 Å². The molecule has 11 heteroatoms. The predicted molar refractivity (Wildman–Crippen MR) is 51.3 cm³/mol. The molecule has 0 unspecified atom stereocenters. The van der Waals surface area contributed by atoms with Crippen LogP contribution in [0.5, 0.6) is 0 Å². The van der Waals surface area contributed by atoms with Crippen LogP contribution in [-0.2, 0) is 19.9 Å². The van der Waals surface area contributed by atoms with Gasteiger partial charge in [-0.05, 0) is 0 Å². The molecule has 0 aromatic heterocycles. The molecule has 0 heterocycles. The third-order valence-electron chi connectivity index (χ3n) is 1.24. The molecule has 0 amide bonds. The zero-order valence-corrected chi connectivity index (χ0v) is 10.3. The highest BCUT2D eigenvalue weighted by Crippen LogP contribution is 2.13.